The molecule has 0 bridgehead atoms. The lowest BCUT2D eigenvalue weighted by Crippen LogP contribution is -2.22. The fraction of sp³-hybridized carbons (Fsp3) is 0.545. The summed E-state index contributed by atoms with van der Waals surface area (Å²) >= 11 is 1.66. The minimum absolute atomic E-state index is 0.544. The molecule has 0 unspecified atom stereocenters. The van der Waals surface area contributed by atoms with Crippen LogP contribution >= 0.6 is 11.3 Å². The van der Waals surface area contributed by atoms with Crippen LogP contribution in [0.3, 0.4) is 0 Å². The number of nitrogens with zero attached hydrogens (tertiary/aromatic N) is 3. The second-order valence-electron chi connectivity index (χ2n) is 4.47. The normalized spacial score (nSPS) is 15.9. The molecule has 0 saturated heterocycles. The van der Waals surface area contributed by atoms with Gasteiger partial charge in [-0.05, 0) is 18.8 Å². The molecule has 1 aliphatic rings. The van der Waals surface area contributed by atoms with E-state index in [4.69, 9.17) is 5.73 Å². The largest absolute Gasteiger partial charge is 0.358 e. The summed E-state index contributed by atoms with van der Waals surface area (Å²) in [5.74, 6) is 1.93. The summed E-state index contributed by atoms with van der Waals surface area (Å²) in [6.45, 7) is 1.65. The van der Waals surface area contributed by atoms with Gasteiger partial charge >= 0.3 is 0 Å². The molecule has 1 aliphatic carbocycles. The number of aromatic nitrogens is 2. The fourth-order valence-corrected chi connectivity index (χ4v) is 2.82. The molecule has 0 atom stereocenters. The highest BCUT2D eigenvalue weighted by Gasteiger charge is 2.25. The van der Waals surface area contributed by atoms with Crippen molar-refractivity contribution < 1.29 is 0 Å². The van der Waals surface area contributed by atoms with E-state index in [9.17, 15) is 0 Å². The Labute approximate surface area is 98.7 Å². The molecule has 0 radical (unpaired) electrons. The average Bonchev–Trinajstić information content (AvgIpc) is 2.85. The summed E-state index contributed by atoms with van der Waals surface area (Å²) in [6.07, 6.45) is 4.78. The molecule has 2 heterocycles. The van der Waals surface area contributed by atoms with Crippen LogP contribution in [0.15, 0.2) is 11.6 Å². The molecular weight excluding hydrogens is 220 g/mol. The Bertz CT molecular complexity index is 497. The smallest absolute Gasteiger partial charge is 0.195 e. The predicted molar refractivity (Wildman–Crippen MR) is 67.0 cm³/mol. The van der Waals surface area contributed by atoms with Gasteiger partial charge in [-0.25, -0.2) is 4.98 Å². The monoisotopic (exact) mass is 236 g/mol. The van der Waals surface area contributed by atoms with Gasteiger partial charge in [-0.2, -0.15) is 0 Å². The molecule has 1 saturated carbocycles. The number of rotatable bonds is 4. The Morgan fingerprint density at radius 1 is 1.62 bits per heavy atom. The minimum atomic E-state index is 0.544. The van der Waals surface area contributed by atoms with Gasteiger partial charge in [0.2, 0.25) is 0 Å². The molecular formula is C11H16N4S. The number of hydrogen-bond donors (Lipinski definition) is 1. The van der Waals surface area contributed by atoms with E-state index in [1.807, 2.05) is 11.6 Å². The van der Waals surface area contributed by atoms with Crippen molar-refractivity contribution in [1.82, 2.24) is 9.38 Å². The summed E-state index contributed by atoms with van der Waals surface area (Å²) in [5.41, 5.74) is 6.95. The van der Waals surface area contributed by atoms with Gasteiger partial charge in [0.15, 0.2) is 10.8 Å². The highest BCUT2D eigenvalue weighted by atomic mass is 32.1. The van der Waals surface area contributed by atoms with Gasteiger partial charge < -0.3 is 10.6 Å². The summed E-state index contributed by atoms with van der Waals surface area (Å²) in [6, 6.07) is 0. The van der Waals surface area contributed by atoms with Crippen LogP contribution in [0.5, 0.6) is 0 Å². The number of imidazole rings is 1. The van der Waals surface area contributed by atoms with Crippen LogP contribution in [-0.4, -0.2) is 23.0 Å². The fourth-order valence-electron chi connectivity index (χ4n) is 2.09. The van der Waals surface area contributed by atoms with E-state index in [0.717, 1.165) is 28.9 Å². The van der Waals surface area contributed by atoms with Crippen molar-refractivity contribution in [1.29, 1.82) is 0 Å². The molecule has 16 heavy (non-hydrogen) atoms. The molecule has 2 aromatic rings. The Morgan fingerprint density at radius 2 is 2.44 bits per heavy atom. The third kappa shape index (κ3) is 1.60. The summed E-state index contributed by atoms with van der Waals surface area (Å²) < 4.78 is 2.10. The zero-order chi connectivity index (χ0) is 11.1. The molecule has 0 spiro atoms. The Hall–Kier alpha value is -1.07. The highest BCUT2D eigenvalue weighted by Crippen LogP contribution is 2.32. The van der Waals surface area contributed by atoms with E-state index in [2.05, 4.69) is 21.3 Å². The average molecular weight is 236 g/mol. The van der Waals surface area contributed by atoms with Crippen molar-refractivity contribution >= 4 is 22.1 Å². The van der Waals surface area contributed by atoms with Gasteiger partial charge in [0, 0.05) is 31.7 Å². The maximum absolute atomic E-state index is 5.82. The van der Waals surface area contributed by atoms with Crippen LogP contribution in [0, 0.1) is 5.92 Å². The predicted octanol–water partition coefficient (Wildman–Crippen LogP) is 1.70. The van der Waals surface area contributed by atoms with Crippen molar-refractivity contribution in [2.75, 3.05) is 18.5 Å². The lowest BCUT2D eigenvalue weighted by atomic mass is 10.3. The third-order valence-electron chi connectivity index (χ3n) is 3.12. The van der Waals surface area contributed by atoms with E-state index in [0.29, 0.717) is 6.54 Å². The van der Waals surface area contributed by atoms with Crippen LogP contribution in [-0.2, 0) is 6.54 Å². The van der Waals surface area contributed by atoms with Crippen molar-refractivity contribution in [3.63, 3.8) is 0 Å². The summed E-state index contributed by atoms with van der Waals surface area (Å²) in [7, 11) is 2.12. The molecule has 5 heteroatoms. The van der Waals surface area contributed by atoms with Crippen LogP contribution < -0.4 is 10.6 Å². The lowest BCUT2D eigenvalue weighted by Gasteiger charge is -2.17. The van der Waals surface area contributed by atoms with E-state index in [1.165, 1.54) is 12.8 Å². The standard InChI is InChI=1S/C11H16N4S/c1-14(7-8-2-3-8)10-9(6-12)15-4-5-16-11(15)13-10/h4-5,8H,2-3,6-7,12H2,1H3. The topological polar surface area (TPSA) is 46.6 Å². The Balaban J connectivity index is 1.96. The summed E-state index contributed by atoms with van der Waals surface area (Å²) in [5, 5.41) is 2.05. The zero-order valence-electron chi connectivity index (χ0n) is 9.39. The molecule has 2 N–H and O–H groups in total. The van der Waals surface area contributed by atoms with Crippen LogP contribution in [0.2, 0.25) is 0 Å². The van der Waals surface area contributed by atoms with E-state index < -0.39 is 0 Å². The molecule has 86 valence electrons. The highest BCUT2D eigenvalue weighted by molar-refractivity contribution is 7.15. The van der Waals surface area contributed by atoms with E-state index >= 15 is 0 Å². The minimum Gasteiger partial charge on any atom is -0.358 e. The van der Waals surface area contributed by atoms with Crippen molar-refractivity contribution in [3.05, 3.63) is 17.3 Å². The third-order valence-corrected chi connectivity index (χ3v) is 3.88. The number of nitrogens with two attached hydrogens (primary N) is 1. The molecule has 4 nitrogen and oxygen atoms in total. The number of hydrogen-bond acceptors (Lipinski definition) is 4. The number of thiazole rings is 1. The van der Waals surface area contributed by atoms with Crippen LogP contribution in [0.25, 0.3) is 4.96 Å². The van der Waals surface area contributed by atoms with Gasteiger partial charge in [0.05, 0.1) is 5.69 Å². The first-order valence-electron chi connectivity index (χ1n) is 5.65. The van der Waals surface area contributed by atoms with Crippen molar-refractivity contribution in [2.24, 2.45) is 11.7 Å². The molecule has 0 amide bonds. The van der Waals surface area contributed by atoms with Gasteiger partial charge in [0.25, 0.3) is 0 Å². The Kier molecular flexibility index (Phi) is 2.37. The van der Waals surface area contributed by atoms with Crippen molar-refractivity contribution in [2.45, 2.75) is 19.4 Å². The maximum Gasteiger partial charge on any atom is 0.195 e. The zero-order valence-corrected chi connectivity index (χ0v) is 10.2. The van der Waals surface area contributed by atoms with Crippen LogP contribution in [0.1, 0.15) is 18.5 Å². The number of anilines is 1. The van der Waals surface area contributed by atoms with Gasteiger partial charge in [-0.3, -0.25) is 4.40 Å². The maximum atomic E-state index is 5.82. The van der Waals surface area contributed by atoms with Gasteiger partial charge in [-0.1, -0.05) is 0 Å². The molecule has 3 rings (SSSR count). The summed E-state index contributed by atoms with van der Waals surface area (Å²) in [4.78, 5) is 7.94. The molecule has 2 aromatic heterocycles. The first-order valence-corrected chi connectivity index (χ1v) is 6.53. The second kappa shape index (κ2) is 3.75. The van der Waals surface area contributed by atoms with E-state index in [-0.39, 0.29) is 0 Å². The first-order chi connectivity index (χ1) is 7.79. The van der Waals surface area contributed by atoms with E-state index in [1.54, 1.807) is 11.3 Å². The van der Waals surface area contributed by atoms with Crippen molar-refractivity contribution in [3.8, 4) is 0 Å². The molecule has 1 fully saturated rings. The van der Waals surface area contributed by atoms with Gasteiger partial charge in [0.1, 0.15) is 0 Å². The quantitative estimate of drug-likeness (QED) is 0.879. The SMILES string of the molecule is CN(CC1CC1)c1nc2sccn2c1CN. The second-order valence-corrected chi connectivity index (χ2v) is 5.34. The van der Waals surface area contributed by atoms with Crippen LogP contribution in [0.4, 0.5) is 5.82 Å². The number of fused-ring (bicyclic) bond motifs is 1. The van der Waals surface area contributed by atoms with Gasteiger partial charge in [-0.15, -0.1) is 11.3 Å². The molecule has 0 aliphatic heterocycles. The lowest BCUT2D eigenvalue weighted by molar-refractivity contribution is 0.772. The molecule has 0 aromatic carbocycles. The Morgan fingerprint density at radius 3 is 3.12 bits per heavy atom. The first kappa shape index (κ1) is 10.1.